The van der Waals surface area contributed by atoms with Gasteiger partial charge < -0.3 is 4.74 Å². The molecule has 0 radical (unpaired) electrons. The lowest BCUT2D eigenvalue weighted by Gasteiger charge is -2.01. The van der Waals surface area contributed by atoms with Crippen LogP contribution in [0.5, 0.6) is 0 Å². The summed E-state index contributed by atoms with van der Waals surface area (Å²) in [5.74, 6) is 0. The molecule has 0 bridgehead atoms. The van der Waals surface area contributed by atoms with Crippen molar-refractivity contribution in [2.45, 2.75) is 58.3 Å². The fourth-order valence-electron chi connectivity index (χ4n) is 1.38. The van der Waals surface area contributed by atoms with Gasteiger partial charge in [0.1, 0.15) is 0 Å². The van der Waals surface area contributed by atoms with Crippen molar-refractivity contribution < 1.29 is 4.74 Å². The van der Waals surface area contributed by atoms with E-state index in [-0.39, 0.29) is 0 Å². The van der Waals surface area contributed by atoms with Gasteiger partial charge in [0.05, 0.1) is 19.1 Å². The first-order valence-corrected chi connectivity index (χ1v) is 5.86. The van der Waals surface area contributed by atoms with Gasteiger partial charge >= 0.3 is 0 Å². The highest BCUT2D eigenvalue weighted by molar-refractivity contribution is 4.66. The molecule has 0 saturated heterocycles. The summed E-state index contributed by atoms with van der Waals surface area (Å²) in [5.41, 5.74) is 0. The highest BCUT2D eigenvalue weighted by atomic mass is 16.5. The number of rotatable bonds is 10. The number of nitrogens with zero attached hydrogens (tertiary/aromatic N) is 1. The van der Waals surface area contributed by atoms with E-state index in [1.165, 1.54) is 38.5 Å². The van der Waals surface area contributed by atoms with Gasteiger partial charge in [0.25, 0.3) is 0 Å². The fourth-order valence-corrected chi connectivity index (χ4v) is 1.38. The smallest absolute Gasteiger partial charge is 0.0645 e. The molecule has 0 aliphatic carbocycles. The zero-order chi connectivity index (χ0) is 10.5. The first-order valence-electron chi connectivity index (χ1n) is 5.86. The zero-order valence-electron chi connectivity index (χ0n) is 9.43. The van der Waals surface area contributed by atoms with E-state index in [9.17, 15) is 0 Å². The van der Waals surface area contributed by atoms with Crippen molar-refractivity contribution in [3.05, 3.63) is 0 Å². The largest absolute Gasteiger partial charge is 0.380 e. The molecule has 0 atom stereocenters. The lowest BCUT2D eigenvalue weighted by molar-refractivity contribution is 0.135. The van der Waals surface area contributed by atoms with Crippen LogP contribution in [0.3, 0.4) is 0 Å². The molecule has 2 heteroatoms. The van der Waals surface area contributed by atoms with Crippen LogP contribution >= 0.6 is 0 Å². The minimum atomic E-state index is 0.524. The fraction of sp³-hybridized carbons (Fsp3) is 0.917. The van der Waals surface area contributed by atoms with Crippen LogP contribution in [0.25, 0.3) is 0 Å². The summed E-state index contributed by atoms with van der Waals surface area (Å²) in [7, 11) is 0. The van der Waals surface area contributed by atoms with Gasteiger partial charge in [-0.15, -0.1) is 0 Å². The Bertz CT molecular complexity index is 140. The van der Waals surface area contributed by atoms with Gasteiger partial charge in [-0.3, -0.25) is 0 Å². The van der Waals surface area contributed by atoms with Gasteiger partial charge in [0.15, 0.2) is 0 Å². The first-order chi connectivity index (χ1) is 6.91. The molecule has 0 rings (SSSR count). The molecule has 0 fully saturated rings. The predicted molar refractivity (Wildman–Crippen MR) is 59.0 cm³/mol. The third-order valence-electron chi connectivity index (χ3n) is 2.25. The lowest BCUT2D eigenvalue weighted by atomic mass is 10.1. The average Bonchev–Trinajstić information content (AvgIpc) is 2.21. The predicted octanol–water partition coefficient (Wildman–Crippen LogP) is 3.67. The van der Waals surface area contributed by atoms with E-state index in [1.54, 1.807) is 0 Å². The minimum absolute atomic E-state index is 0.524. The second-order valence-electron chi connectivity index (χ2n) is 3.64. The SMILES string of the molecule is CCCCCCCCCOCCC#N. The Kier molecular flexibility index (Phi) is 12.0. The summed E-state index contributed by atoms with van der Waals surface area (Å²) >= 11 is 0. The Labute approximate surface area is 88.3 Å². The Morgan fingerprint density at radius 3 is 2.21 bits per heavy atom. The summed E-state index contributed by atoms with van der Waals surface area (Å²) in [6.07, 6.45) is 9.72. The summed E-state index contributed by atoms with van der Waals surface area (Å²) in [6, 6.07) is 2.07. The van der Waals surface area contributed by atoms with E-state index >= 15 is 0 Å². The van der Waals surface area contributed by atoms with Gasteiger partial charge in [-0.05, 0) is 6.42 Å². The molecule has 2 nitrogen and oxygen atoms in total. The highest BCUT2D eigenvalue weighted by Crippen LogP contribution is 2.06. The van der Waals surface area contributed by atoms with Crippen molar-refractivity contribution in [3.63, 3.8) is 0 Å². The van der Waals surface area contributed by atoms with Crippen LogP contribution in [-0.4, -0.2) is 13.2 Å². The molecule has 0 aromatic carbocycles. The van der Waals surface area contributed by atoms with Crippen molar-refractivity contribution >= 4 is 0 Å². The van der Waals surface area contributed by atoms with Crippen molar-refractivity contribution in [3.8, 4) is 6.07 Å². The molecule has 0 amide bonds. The second-order valence-corrected chi connectivity index (χ2v) is 3.64. The Hall–Kier alpha value is -0.550. The molecular formula is C12H23NO. The number of unbranched alkanes of at least 4 members (excludes halogenated alkanes) is 6. The lowest BCUT2D eigenvalue weighted by Crippen LogP contribution is -1.95. The van der Waals surface area contributed by atoms with Crippen molar-refractivity contribution in [2.24, 2.45) is 0 Å². The van der Waals surface area contributed by atoms with E-state index in [1.807, 2.05) is 0 Å². The van der Waals surface area contributed by atoms with Crippen molar-refractivity contribution in [1.29, 1.82) is 5.26 Å². The summed E-state index contributed by atoms with van der Waals surface area (Å²) in [5, 5.41) is 8.26. The average molecular weight is 197 g/mol. The first kappa shape index (κ1) is 13.4. The molecule has 0 aliphatic rings. The molecule has 0 N–H and O–H groups in total. The summed E-state index contributed by atoms with van der Waals surface area (Å²) in [6.45, 7) is 3.67. The van der Waals surface area contributed by atoms with E-state index in [2.05, 4.69) is 13.0 Å². The van der Waals surface area contributed by atoms with E-state index in [0.29, 0.717) is 13.0 Å². The standard InChI is InChI=1S/C12H23NO/c1-2-3-4-5-6-7-8-11-14-12-9-10-13/h2-9,11-12H2,1H3. The molecule has 0 spiro atoms. The molecule has 0 aromatic rings. The minimum Gasteiger partial charge on any atom is -0.380 e. The third-order valence-corrected chi connectivity index (χ3v) is 2.25. The van der Waals surface area contributed by atoms with Crippen molar-refractivity contribution in [2.75, 3.05) is 13.2 Å². The highest BCUT2D eigenvalue weighted by Gasteiger charge is 1.91. The molecule has 0 aromatic heterocycles. The molecule has 0 saturated carbocycles. The normalized spacial score (nSPS) is 10.0. The molecule has 0 unspecified atom stereocenters. The van der Waals surface area contributed by atoms with Crippen LogP contribution in [0.15, 0.2) is 0 Å². The van der Waals surface area contributed by atoms with Crippen LogP contribution in [0.2, 0.25) is 0 Å². The maximum Gasteiger partial charge on any atom is 0.0645 e. The summed E-state index contributed by atoms with van der Waals surface area (Å²) in [4.78, 5) is 0. The molecule has 82 valence electrons. The van der Waals surface area contributed by atoms with Crippen LogP contribution in [0.4, 0.5) is 0 Å². The van der Waals surface area contributed by atoms with E-state index < -0.39 is 0 Å². The maximum absolute atomic E-state index is 8.26. The second kappa shape index (κ2) is 12.4. The number of nitriles is 1. The molecule has 0 heterocycles. The number of ether oxygens (including phenoxy) is 1. The van der Waals surface area contributed by atoms with Crippen LogP contribution in [0.1, 0.15) is 58.3 Å². The van der Waals surface area contributed by atoms with Crippen LogP contribution in [0, 0.1) is 11.3 Å². The van der Waals surface area contributed by atoms with Gasteiger partial charge in [0, 0.05) is 6.61 Å². The van der Waals surface area contributed by atoms with Gasteiger partial charge in [-0.2, -0.15) is 5.26 Å². The Balaban J connectivity index is 2.82. The van der Waals surface area contributed by atoms with Gasteiger partial charge in [-0.25, -0.2) is 0 Å². The Morgan fingerprint density at radius 1 is 0.929 bits per heavy atom. The summed E-state index contributed by atoms with van der Waals surface area (Å²) < 4.78 is 5.28. The monoisotopic (exact) mass is 197 g/mol. The van der Waals surface area contributed by atoms with Gasteiger partial charge in [-0.1, -0.05) is 45.4 Å². The maximum atomic E-state index is 8.26. The quantitative estimate of drug-likeness (QED) is 0.501. The number of hydrogen-bond donors (Lipinski definition) is 0. The van der Waals surface area contributed by atoms with E-state index in [4.69, 9.17) is 10.00 Å². The molecule has 14 heavy (non-hydrogen) atoms. The van der Waals surface area contributed by atoms with Gasteiger partial charge in [0.2, 0.25) is 0 Å². The zero-order valence-corrected chi connectivity index (χ0v) is 9.43. The Morgan fingerprint density at radius 2 is 1.57 bits per heavy atom. The van der Waals surface area contributed by atoms with Crippen LogP contribution < -0.4 is 0 Å². The van der Waals surface area contributed by atoms with Crippen LogP contribution in [-0.2, 0) is 4.74 Å². The topological polar surface area (TPSA) is 33.0 Å². The molecule has 0 aliphatic heterocycles. The van der Waals surface area contributed by atoms with Crippen molar-refractivity contribution in [1.82, 2.24) is 0 Å². The third kappa shape index (κ3) is 11.4. The van der Waals surface area contributed by atoms with E-state index in [0.717, 1.165) is 13.0 Å². The number of hydrogen-bond acceptors (Lipinski definition) is 2. The molecular weight excluding hydrogens is 174 g/mol.